The molecule has 0 rings (SSSR count). The molecule has 0 atom stereocenters. The average Bonchev–Trinajstić information content (AvgIpc) is 1.37. The van der Waals surface area contributed by atoms with E-state index in [4.69, 9.17) is 7.85 Å². The first-order valence-electron chi connectivity index (χ1n) is 1.00. The molecule has 0 bridgehead atoms. The van der Waals surface area contributed by atoms with Gasteiger partial charge in [-0.2, -0.15) is 0 Å². The van der Waals surface area contributed by atoms with Crippen molar-refractivity contribution in [1.82, 2.24) is 0 Å². The molecule has 0 aliphatic heterocycles. The van der Waals surface area contributed by atoms with Crippen LogP contribution in [-0.2, 0) is 0 Å². The molecule has 2 heteroatoms. The fourth-order valence-corrected chi connectivity index (χ4v) is 0. The van der Waals surface area contributed by atoms with Gasteiger partial charge in [-0.1, -0.05) is 0 Å². The summed E-state index contributed by atoms with van der Waals surface area (Å²) < 4.78 is 1.91. The van der Waals surface area contributed by atoms with E-state index in [9.17, 15) is 0 Å². The zero-order valence-electron chi connectivity index (χ0n) is 2.31. The fraction of sp³-hybridized carbons (Fsp3) is 0. The van der Waals surface area contributed by atoms with Gasteiger partial charge < -0.3 is 0 Å². The molecule has 0 saturated heterocycles. The molecule has 0 nitrogen and oxygen atoms in total. The van der Waals surface area contributed by atoms with E-state index in [1.807, 2.05) is 4.09 Å². The van der Waals surface area contributed by atoms with E-state index in [0.717, 1.165) is 22.5 Å². The summed E-state index contributed by atoms with van der Waals surface area (Å²) in [7, 11) is 4.88. The van der Waals surface area contributed by atoms with Gasteiger partial charge in [-0.05, 0) is 0 Å². The van der Waals surface area contributed by atoms with Crippen molar-refractivity contribution < 1.29 is 0 Å². The van der Waals surface area contributed by atoms with Crippen LogP contribution in [0, 0.1) is 0 Å². The quantitative estimate of drug-likeness (QED) is 0.416. The van der Waals surface area contributed by atoms with Crippen LogP contribution in [-0.4, -0.2) is 30.4 Å². The van der Waals surface area contributed by atoms with Crippen LogP contribution in [0.4, 0.5) is 0 Å². The average molecular weight is 157 g/mol. The number of hydrogen-bond acceptors (Lipinski definition) is 0. The molecule has 0 aliphatic rings. The summed E-state index contributed by atoms with van der Waals surface area (Å²) in [6, 6.07) is 0. The zero-order chi connectivity index (χ0) is 3.41. The van der Waals surface area contributed by atoms with Crippen molar-refractivity contribution >= 4 is 30.4 Å². The van der Waals surface area contributed by atoms with Crippen LogP contribution >= 0.6 is 0 Å². The molecule has 0 spiro atoms. The predicted molar refractivity (Wildman–Crippen MR) is 22.0 cm³/mol. The molecule has 0 unspecified atom stereocenters. The summed E-state index contributed by atoms with van der Waals surface area (Å²) in [5.74, 6) is 1.56. The van der Waals surface area contributed by atoms with Crippen LogP contribution in [0.2, 0.25) is 0 Å². The second-order valence-corrected chi connectivity index (χ2v) is 1.48. The minimum atomic E-state index is 1.13. The Hall–Kier alpha value is 0.604. The van der Waals surface area contributed by atoms with Crippen LogP contribution in [0.25, 0.3) is 0 Å². The van der Waals surface area contributed by atoms with Crippen LogP contribution in [0.3, 0.4) is 0 Å². The molecule has 0 heterocycles. The Balaban J connectivity index is 2.55. The summed E-state index contributed by atoms with van der Waals surface area (Å²) in [6.45, 7) is 0. The van der Waals surface area contributed by atoms with Gasteiger partial charge in [-0.15, -0.1) is 0 Å². The maximum atomic E-state index is 4.88. The summed E-state index contributed by atoms with van der Waals surface area (Å²) in [6.07, 6.45) is 0. The number of rotatable bonds is 0. The fourth-order valence-electron chi connectivity index (χ4n) is 0. The van der Waals surface area contributed by atoms with Gasteiger partial charge in [0.2, 0.25) is 0 Å². The van der Waals surface area contributed by atoms with Gasteiger partial charge in [0.1, 0.15) is 0 Å². The van der Waals surface area contributed by atoms with E-state index in [0.29, 0.717) is 0 Å². The van der Waals surface area contributed by atoms with Crippen molar-refractivity contribution in [2.24, 2.45) is 0 Å². The first-order valence-corrected chi connectivity index (χ1v) is 2.90. The van der Waals surface area contributed by atoms with Crippen molar-refractivity contribution in [3.8, 4) is 0 Å². The Morgan fingerprint density at radius 3 is 2.00 bits per heavy atom. The van der Waals surface area contributed by atoms with Crippen molar-refractivity contribution in [2.45, 2.75) is 0 Å². The van der Waals surface area contributed by atoms with Crippen molar-refractivity contribution in [1.29, 1.82) is 0 Å². The third-order valence-electron chi connectivity index (χ3n) is 0.111. The Morgan fingerprint density at radius 1 is 1.75 bits per heavy atom. The Labute approximate surface area is 40.8 Å². The van der Waals surface area contributed by atoms with Crippen molar-refractivity contribution in [3.63, 3.8) is 0 Å². The van der Waals surface area contributed by atoms with Gasteiger partial charge in [-0.25, -0.2) is 0 Å². The Morgan fingerprint density at radius 2 is 2.00 bits per heavy atom. The second-order valence-electron chi connectivity index (χ2n) is 0.385. The second kappa shape index (κ2) is 3.60. The van der Waals surface area contributed by atoms with Gasteiger partial charge in [0.25, 0.3) is 0 Å². The van der Waals surface area contributed by atoms with Crippen molar-refractivity contribution in [3.05, 3.63) is 10.1 Å². The van der Waals surface area contributed by atoms with Gasteiger partial charge in [0.15, 0.2) is 0 Å². The summed E-state index contributed by atoms with van der Waals surface area (Å²) in [5.41, 5.74) is 0. The molecule has 0 saturated carbocycles. The zero-order valence-corrected chi connectivity index (χ0v) is 5.61. The first kappa shape index (κ1) is 4.60. The van der Waals surface area contributed by atoms with Gasteiger partial charge in [0, 0.05) is 0 Å². The van der Waals surface area contributed by atoms with Gasteiger partial charge in [0.05, 0.1) is 0 Å². The summed E-state index contributed by atoms with van der Waals surface area (Å²) >= 11 is 1.13. The molecule has 0 aliphatic carbocycles. The molecular weight excluding hydrogens is 154 g/mol. The molecule has 0 N–H and O–H groups in total. The standard InChI is InChI=1S/C2H2B.Sn.H/c1-2-3;;/h1-2H;;. The van der Waals surface area contributed by atoms with E-state index in [1.54, 1.807) is 5.98 Å². The molecule has 18 valence electrons. The minimum absolute atomic E-state index is 1.13. The predicted octanol–water partition coefficient (Wildman–Crippen LogP) is -0.473. The summed E-state index contributed by atoms with van der Waals surface area (Å²) in [5, 5.41) is 0. The third-order valence-corrected chi connectivity index (χ3v) is 0.745. The normalized spacial score (nSPS) is 9.25. The topological polar surface area (TPSA) is 0 Å². The van der Waals surface area contributed by atoms with Crippen LogP contribution < -0.4 is 0 Å². The molecule has 0 amide bonds. The monoisotopic (exact) mass is 158 g/mol. The summed E-state index contributed by atoms with van der Waals surface area (Å²) in [4.78, 5) is 0. The molecule has 0 fully saturated rings. The number of hydrogen-bond donors (Lipinski definition) is 0. The first-order chi connectivity index (χ1) is 1.91. The van der Waals surface area contributed by atoms with Crippen LogP contribution in [0.15, 0.2) is 10.1 Å². The maximum absolute atomic E-state index is 4.88. The van der Waals surface area contributed by atoms with Crippen LogP contribution in [0.1, 0.15) is 0 Å². The molecule has 4 heavy (non-hydrogen) atoms. The SMILES string of the molecule is [B]C=[CH][SnH]. The third kappa shape index (κ3) is 2.60. The Bertz CT molecular complexity index is 21.2. The molecular formula is C2H3BSn. The molecule has 0 aromatic carbocycles. The molecule has 4 radical (unpaired) electrons. The van der Waals surface area contributed by atoms with E-state index in [-0.39, 0.29) is 0 Å². The van der Waals surface area contributed by atoms with Gasteiger partial charge >= 0.3 is 40.4 Å². The molecule has 0 aromatic heterocycles. The van der Waals surface area contributed by atoms with E-state index in [1.165, 1.54) is 0 Å². The Kier molecular flexibility index (Phi) is 4.15. The van der Waals surface area contributed by atoms with E-state index in [2.05, 4.69) is 0 Å². The van der Waals surface area contributed by atoms with E-state index >= 15 is 0 Å². The van der Waals surface area contributed by atoms with Gasteiger partial charge in [-0.3, -0.25) is 0 Å². The van der Waals surface area contributed by atoms with Crippen LogP contribution in [0.5, 0.6) is 0 Å². The van der Waals surface area contributed by atoms with Crippen molar-refractivity contribution in [2.75, 3.05) is 0 Å². The molecule has 0 aromatic rings. The van der Waals surface area contributed by atoms with E-state index < -0.39 is 0 Å².